The number of likely N-dealkylation sites (tertiary alicyclic amines) is 1. The molecule has 0 bridgehead atoms. The molecular formula is C23H31N3O. The number of rotatable bonds is 5. The van der Waals surface area contributed by atoms with E-state index in [1.54, 1.807) is 0 Å². The number of nitrogens with one attached hydrogen (secondary N) is 2. The zero-order valence-corrected chi connectivity index (χ0v) is 16.9. The second-order valence-corrected chi connectivity index (χ2v) is 7.77. The number of aryl methyl sites for hydroxylation is 1. The zero-order valence-electron chi connectivity index (χ0n) is 16.9. The van der Waals surface area contributed by atoms with Crippen molar-refractivity contribution in [1.29, 1.82) is 0 Å². The van der Waals surface area contributed by atoms with E-state index in [1.165, 1.54) is 5.56 Å². The Hall–Kier alpha value is -2.33. The summed E-state index contributed by atoms with van der Waals surface area (Å²) in [5, 5.41) is 6.42. The number of amides is 1. The first-order valence-electron chi connectivity index (χ1n) is 9.84. The van der Waals surface area contributed by atoms with Gasteiger partial charge in [0, 0.05) is 24.8 Å². The van der Waals surface area contributed by atoms with Gasteiger partial charge in [-0.1, -0.05) is 29.8 Å². The van der Waals surface area contributed by atoms with E-state index in [-0.39, 0.29) is 5.91 Å². The molecule has 2 N–H and O–H groups in total. The summed E-state index contributed by atoms with van der Waals surface area (Å²) in [6, 6.07) is 12.6. The van der Waals surface area contributed by atoms with E-state index in [0.717, 1.165) is 60.4 Å². The van der Waals surface area contributed by atoms with Crippen molar-refractivity contribution in [3.63, 3.8) is 0 Å². The average molecular weight is 366 g/mol. The van der Waals surface area contributed by atoms with Crippen molar-refractivity contribution >= 4 is 11.6 Å². The Morgan fingerprint density at radius 2 is 1.74 bits per heavy atom. The first kappa shape index (κ1) is 19.4. The van der Waals surface area contributed by atoms with Crippen LogP contribution in [0.3, 0.4) is 0 Å². The first-order chi connectivity index (χ1) is 13.0. The van der Waals surface area contributed by atoms with Crippen molar-refractivity contribution in [3.05, 3.63) is 53.1 Å². The Bertz CT molecular complexity index is 790. The summed E-state index contributed by atoms with van der Waals surface area (Å²) in [5.74, 6) is 0.603. The van der Waals surface area contributed by atoms with Crippen LogP contribution in [0.4, 0.5) is 5.69 Å². The van der Waals surface area contributed by atoms with Gasteiger partial charge in [0.05, 0.1) is 0 Å². The van der Waals surface area contributed by atoms with E-state index in [2.05, 4.69) is 59.8 Å². The number of hydrogen-bond acceptors (Lipinski definition) is 3. The van der Waals surface area contributed by atoms with Gasteiger partial charge in [-0.3, -0.25) is 4.79 Å². The van der Waals surface area contributed by atoms with Crippen LogP contribution in [0.25, 0.3) is 11.1 Å². The molecule has 0 spiro atoms. The van der Waals surface area contributed by atoms with Crippen molar-refractivity contribution in [2.75, 3.05) is 39.0 Å². The minimum absolute atomic E-state index is 0.0249. The fourth-order valence-electron chi connectivity index (χ4n) is 3.72. The molecule has 0 radical (unpaired) electrons. The standard InChI is InChI=1S/C23H31N3O/c1-16-5-7-19(8-6-16)20-13-21(17(2)22(14-20)24-3)23(27)25-15-18-9-11-26(4)12-10-18/h5-8,13-14,18,24H,9-12,15H2,1-4H3,(H,25,27). The summed E-state index contributed by atoms with van der Waals surface area (Å²) in [7, 11) is 4.06. The van der Waals surface area contributed by atoms with Gasteiger partial charge in [0.25, 0.3) is 5.91 Å². The molecule has 144 valence electrons. The zero-order chi connectivity index (χ0) is 19.4. The van der Waals surface area contributed by atoms with Gasteiger partial charge in [-0.05, 0) is 81.6 Å². The number of carbonyl (C=O) groups is 1. The lowest BCUT2D eigenvalue weighted by atomic mass is 9.95. The second kappa shape index (κ2) is 8.57. The lowest BCUT2D eigenvalue weighted by Crippen LogP contribution is -2.37. The summed E-state index contributed by atoms with van der Waals surface area (Å²) in [6.45, 7) is 7.09. The van der Waals surface area contributed by atoms with Crippen molar-refractivity contribution < 1.29 is 4.79 Å². The van der Waals surface area contributed by atoms with E-state index in [9.17, 15) is 4.79 Å². The molecule has 4 heteroatoms. The van der Waals surface area contributed by atoms with Gasteiger partial charge in [-0.25, -0.2) is 0 Å². The van der Waals surface area contributed by atoms with E-state index in [4.69, 9.17) is 0 Å². The van der Waals surface area contributed by atoms with Crippen LogP contribution in [0.15, 0.2) is 36.4 Å². The molecule has 1 heterocycles. The van der Waals surface area contributed by atoms with E-state index in [0.29, 0.717) is 5.92 Å². The van der Waals surface area contributed by atoms with Crippen LogP contribution >= 0.6 is 0 Å². The second-order valence-electron chi connectivity index (χ2n) is 7.77. The van der Waals surface area contributed by atoms with Gasteiger partial charge in [-0.15, -0.1) is 0 Å². The third-order valence-electron chi connectivity index (χ3n) is 5.70. The largest absolute Gasteiger partial charge is 0.388 e. The smallest absolute Gasteiger partial charge is 0.251 e. The molecule has 2 aromatic carbocycles. The van der Waals surface area contributed by atoms with Gasteiger partial charge in [0.2, 0.25) is 0 Å². The van der Waals surface area contributed by atoms with Crippen LogP contribution in [0, 0.1) is 19.8 Å². The maximum Gasteiger partial charge on any atom is 0.251 e. The Kier molecular flexibility index (Phi) is 6.17. The lowest BCUT2D eigenvalue weighted by Gasteiger charge is -2.29. The number of hydrogen-bond donors (Lipinski definition) is 2. The van der Waals surface area contributed by atoms with Gasteiger partial charge >= 0.3 is 0 Å². The maximum atomic E-state index is 12.9. The minimum Gasteiger partial charge on any atom is -0.388 e. The van der Waals surface area contributed by atoms with Crippen LogP contribution in [-0.4, -0.2) is 44.5 Å². The predicted molar refractivity (Wildman–Crippen MR) is 113 cm³/mol. The predicted octanol–water partition coefficient (Wildman–Crippen LogP) is 4.08. The third kappa shape index (κ3) is 4.69. The molecule has 1 aliphatic rings. The van der Waals surface area contributed by atoms with Crippen LogP contribution < -0.4 is 10.6 Å². The van der Waals surface area contributed by atoms with Crippen LogP contribution in [0.5, 0.6) is 0 Å². The Morgan fingerprint density at radius 3 is 2.37 bits per heavy atom. The number of carbonyl (C=O) groups excluding carboxylic acids is 1. The molecule has 1 saturated heterocycles. The minimum atomic E-state index is 0.0249. The fourth-order valence-corrected chi connectivity index (χ4v) is 3.72. The van der Waals surface area contributed by atoms with Crippen molar-refractivity contribution in [3.8, 4) is 11.1 Å². The molecule has 0 atom stereocenters. The summed E-state index contributed by atoms with van der Waals surface area (Å²) < 4.78 is 0. The molecule has 0 aliphatic carbocycles. The summed E-state index contributed by atoms with van der Waals surface area (Å²) in [4.78, 5) is 15.3. The van der Waals surface area contributed by atoms with Crippen LogP contribution in [-0.2, 0) is 0 Å². The van der Waals surface area contributed by atoms with Gasteiger partial charge in [-0.2, -0.15) is 0 Å². The number of anilines is 1. The average Bonchev–Trinajstić information content (AvgIpc) is 2.68. The molecule has 27 heavy (non-hydrogen) atoms. The van der Waals surface area contributed by atoms with Gasteiger partial charge in [0.1, 0.15) is 0 Å². The highest BCUT2D eigenvalue weighted by Gasteiger charge is 2.19. The molecule has 1 amide bonds. The molecule has 0 aromatic heterocycles. The number of piperidine rings is 1. The SMILES string of the molecule is CNc1cc(-c2ccc(C)cc2)cc(C(=O)NCC2CCN(C)CC2)c1C. The number of benzene rings is 2. The third-order valence-corrected chi connectivity index (χ3v) is 5.70. The van der Waals surface area contributed by atoms with E-state index in [1.807, 2.05) is 20.0 Å². The van der Waals surface area contributed by atoms with E-state index >= 15 is 0 Å². The van der Waals surface area contributed by atoms with Gasteiger partial charge < -0.3 is 15.5 Å². The monoisotopic (exact) mass is 365 g/mol. The van der Waals surface area contributed by atoms with Crippen LogP contribution in [0.2, 0.25) is 0 Å². The molecule has 1 fully saturated rings. The summed E-state index contributed by atoms with van der Waals surface area (Å²) >= 11 is 0. The Labute approximate surface area is 163 Å². The Balaban J connectivity index is 1.79. The molecule has 1 aliphatic heterocycles. The highest BCUT2D eigenvalue weighted by molar-refractivity contribution is 5.98. The molecule has 3 rings (SSSR count). The quantitative estimate of drug-likeness (QED) is 0.839. The molecule has 2 aromatic rings. The fraction of sp³-hybridized carbons (Fsp3) is 0.435. The lowest BCUT2D eigenvalue weighted by molar-refractivity contribution is 0.0938. The highest BCUT2D eigenvalue weighted by atomic mass is 16.1. The maximum absolute atomic E-state index is 12.9. The normalized spacial score (nSPS) is 15.6. The van der Waals surface area contributed by atoms with Crippen molar-refractivity contribution in [2.45, 2.75) is 26.7 Å². The van der Waals surface area contributed by atoms with Crippen molar-refractivity contribution in [1.82, 2.24) is 10.2 Å². The first-order valence-corrected chi connectivity index (χ1v) is 9.84. The Morgan fingerprint density at radius 1 is 1.07 bits per heavy atom. The number of nitrogens with zero attached hydrogens (tertiary/aromatic N) is 1. The summed E-state index contributed by atoms with van der Waals surface area (Å²) in [5.41, 5.74) is 6.17. The molecule has 4 nitrogen and oxygen atoms in total. The topological polar surface area (TPSA) is 44.4 Å². The summed E-state index contributed by atoms with van der Waals surface area (Å²) in [6.07, 6.45) is 2.31. The molecule has 0 unspecified atom stereocenters. The molecule has 0 saturated carbocycles. The van der Waals surface area contributed by atoms with Gasteiger partial charge in [0.15, 0.2) is 0 Å². The highest BCUT2D eigenvalue weighted by Crippen LogP contribution is 2.29. The molecular weight excluding hydrogens is 334 g/mol. The van der Waals surface area contributed by atoms with E-state index < -0.39 is 0 Å². The van der Waals surface area contributed by atoms with Crippen molar-refractivity contribution in [2.24, 2.45) is 5.92 Å². The van der Waals surface area contributed by atoms with Crippen LogP contribution in [0.1, 0.15) is 34.3 Å².